The molecule has 2 heteroatoms. The van der Waals surface area contributed by atoms with Gasteiger partial charge in [-0.1, -0.05) is 97.4 Å². The number of benzene rings is 3. The standard InChI is InChI=1S/C29H32ClF/c1-21-2-4-22(5-3-21)6-7-23-8-10-24(11-9-23)12-13-25-14-16-26(17-15-25)27-18-19-28(30)29(31)20-27/h2-5,14-20,23-24H,6-13H2,1H3. The molecule has 0 N–H and O–H groups in total. The Bertz CT molecular complexity index is 967. The van der Waals surface area contributed by atoms with Gasteiger partial charge in [0.25, 0.3) is 0 Å². The summed E-state index contributed by atoms with van der Waals surface area (Å²) in [7, 11) is 0. The van der Waals surface area contributed by atoms with Gasteiger partial charge in [0.1, 0.15) is 5.82 Å². The van der Waals surface area contributed by atoms with Crippen molar-refractivity contribution in [3.05, 3.63) is 94.3 Å². The van der Waals surface area contributed by atoms with Crippen LogP contribution in [0.25, 0.3) is 11.1 Å². The minimum atomic E-state index is -0.363. The van der Waals surface area contributed by atoms with E-state index >= 15 is 0 Å². The minimum Gasteiger partial charge on any atom is -0.205 e. The van der Waals surface area contributed by atoms with Crippen molar-refractivity contribution in [1.29, 1.82) is 0 Å². The molecule has 1 aliphatic rings. The van der Waals surface area contributed by atoms with E-state index in [1.807, 2.05) is 6.07 Å². The molecule has 31 heavy (non-hydrogen) atoms. The molecular weight excluding hydrogens is 403 g/mol. The van der Waals surface area contributed by atoms with Gasteiger partial charge in [0, 0.05) is 0 Å². The maximum atomic E-state index is 13.7. The summed E-state index contributed by atoms with van der Waals surface area (Å²) < 4.78 is 13.7. The molecule has 0 aliphatic heterocycles. The van der Waals surface area contributed by atoms with E-state index in [1.165, 1.54) is 67.7 Å². The summed E-state index contributed by atoms with van der Waals surface area (Å²) >= 11 is 5.79. The fourth-order valence-corrected chi connectivity index (χ4v) is 4.96. The first-order chi connectivity index (χ1) is 15.1. The summed E-state index contributed by atoms with van der Waals surface area (Å²) in [6, 6.07) is 22.6. The van der Waals surface area contributed by atoms with E-state index in [0.717, 1.165) is 29.4 Å². The van der Waals surface area contributed by atoms with Gasteiger partial charge >= 0.3 is 0 Å². The molecule has 0 nitrogen and oxygen atoms in total. The summed E-state index contributed by atoms with van der Waals surface area (Å²) in [6.07, 6.45) is 10.5. The highest BCUT2D eigenvalue weighted by Gasteiger charge is 2.20. The van der Waals surface area contributed by atoms with E-state index in [-0.39, 0.29) is 10.8 Å². The van der Waals surface area contributed by atoms with E-state index in [1.54, 1.807) is 6.07 Å². The number of hydrogen-bond acceptors (Lipinski definition) is 0. The van der Waals surface area contributed by atoms with Crippen molar-refractivity contribution in [1.82, 2.24) is 0 Å². The van der Waals surface area contributed by atoms with E-state index in [4.69, 9.17) is 11.6 Å². The van der Waals surface area contributed by atoms with Crippen molar-refractivity contribution < 1.29 is 4.39 Å². The first kappa shape index (κ1) is 22.1. The maximum Gasteiger partial charge on any atom is 0.142 e. The number of halogens is 2. The topological polar surface area (TPSA) is 0 Å². The average Bonchev–Trinajstić information content (AvgIpc) is 2.80. The monoisotopic (exact) mass is 434 g/mol. The van der Waals surface area contributed by atoms with Crippen molar-refractivity contribution >= 4 is 11.6 Å². The largest absolute Gasteiger partial charge is 0.205 e. The zero-order valence-electron chi connectivity index (χ0n) is 18.4. The zero-order chi connectivity index (χ0) is 21.6. The van der Waals surface area contributed by atoms with Crippen LogP contribution in [-0.2, 0) is 12.8 Å². The third kappa shape index (κ3) is 6.20. The van der Waals surface area contributed by atoms with Crippen molar-refractivity contribution in [3.63, 3.8) is 0 Å². The van der Waals surface area contributed by atoms with E-state index in [9.17, 15) is 4.39 Å². The fourth-order valence-electron chi connectivity index (χ4n) is 4.84. The third-order valence-corrected chi connectivity index (χ3v) is 7.28. The molecule has 3 aromatic rings. The van der Waals surface area contributed by atoms with Crippen LogP contribution in [0.4, 0.5) is 4.39 Å². The van der Waals surface area contributed by atoms with E-state index < -0.39 is 0 Å². The smallest absolute Gasteiger partial charge is 0.142 e. The van der Waals surface area contributed by atoms with Crippen molar-refractivity contribution in [2.45, 2.75) is 58.3 Å². The van der Waals surface area contributed by atoms with E-state index in [0.29, 0.717) is 0 Å². The molecule has 0 atom stereocenters. The minimum absolute atomic E-state index is 0.172. The van der Waals surface area contributed by atoms with Gasteiger partial charge in [-0.25, -0.2) is 4.39 Å². The van der Waals surface area contributed by atoms with Crippen LogP contribution in [0.5, 0.6) is 0 Å². The van der Waals surface area contributed by atoms with Crippen LogP contribution in [-0.4, -0.2) is 0 Å². The van der Waals surface area contributed by atoms with Crippen molar-refractivity contribution in [2.24, 2.45) is 11.8 Å². The maximum absolute atomic E-state index is 13.7. The van der Waals surface area contributed by atoms with Gasteiger partial charge in [0.2, 0.25) is 0 Å². The Morgan fingerprint density at radius 3 is 1.71 bits per heavy atom. The molecular formula is C29H32ClF. The summed E-state index contributed by atoms with van der Waals surface area (Å²) in [4.78, 5) is 0. The number of rotatable bonds is 7. The molecule has 1 saturated carbocycles. The second-order valence-corrected chi connectivity index (χ2v) is 9.68. The number of aryl methyl sites for hydroxylation is 3. The van der Waals surface area contributed by atoms with Crippen molar-refractivity contribution in [3.8, 4) is 11.1 Å². The second-order valence-electron chi connectivity index (χ2n) is 9.28. The molecule has 0 saturated heterocycles. The molecule has 0 spiro atoms. The molecule has 0 aromatic heterocycles. The molecule has 0 bridgehead atoms. The predicted octanol–water partition coefficient (Wildman–Crippen LogP) is 8.83. The lowest BCUT2D eigenvalue weighted by atomic mass is 9.77. The Morgan fingerprint density at radius 1 is 0.710 bits per heavy atom. The van der Waals surface area contributed by atoms with Gasteiger partial charge < -0.3 is 0 Å². The van der Waals surface area contributed by atoms with Crippen LogP contribution in [0.2, 0.25) is 5.02 Å². The lowest BCUT2D eigenvalue weighted by Crippen LogP contribution is -2.15. The Hall–Kier alpha value is -2.12. The van der Waals surface area contributed by atoms with Crippen molar-refractivity contribution in [2.75, 3.05) is 0 Å². The first-order valence-corrected chi connectivity index (χ1v) is 12.0. The van der Waals surface area contributed by atoms with Gasteiger partial charge in [-0.3, -0.25) is 0 Å². The van der Waals surface area contributed by atoms with Crippen LogP contribution in [0.1, 0.15) is 55.2 Å². The average molecular weight is 435 g/mol. The van der Waals surface area contributed by atoms with Gasteiger partial charge in [-0.2, -0.15) is 0 Å². The van der Waals surface area contributed by atoms with Gasteiger partial charge in [0.15, 0.2) is 0 Å². The number of hydrogen-bond donors (Lipinski definition) is 0. The molecule has 3 aromatic carbocycles. The molecule has 0 amide bonds. The highest BCUT2D eigenvalue weighted by Crippen LogP contribution is 2.34. The fraction of sp³-hybridized carbons (Fsp3) is 0.379. The van der Waals surface area contributed by atoms with Crippen LogP contribution in [0.3, 0.4) is 0 Å². The van der Waals surface area contributed by atoms with Gasteiger partial charge in [-0.15, -0.1) is 0 Å². The first-order valence-electron chi connectivity index (χ1n) is 11.7. The Kier molecular flexibility index (Phi) is 7.45. The van der Waals surface area contributed by atoms with Crippen LogP contribution >= 0.6 is 11.6 Å². The Labute approximate surface area is 191 Å². The normalized spacial score (nSPS) is 18.8. The summed E-state index contributed by atoms with van der Waals surface area (Å²) in [5.74, 6) is 1.40. The Morgan fingerprint density at radius 2 is 1.19 bits per heavy atom. The summed E-state index contributed by atoms with van der Waals surface area (Å²) in [5, 5.41) is 0.172. The molecule has 1 fully saturated rings. The lowest BCUT2D eigenvalue weighted by molar-refractivity contribution is 0.253. The summed E-state index contributed by atoms with van der Waals surface area (Å²) in [5.41, 5.74) is 6.11. The highest BCUT2D eigenvalue weighted by molar-refractivity contribution is 6.30. The van der Waals surface area contributed by atoms with Gasteiger partial charge in [-0.05, 0) is 78.8 Å². The van der Waals surface area contributed by atoms with Gasteiger partial charge in [0.05, 0.1) is 5.02 Å². The molecule has 0 unspecified atom stereocenters. The highest BCUT2D eigenvalue weighted by atomic mass is 35.5. The molecule has 0 heterocycles. The van der Waals surface area contributed by atoms with Crippen LogP contribution in [0, 0.1) is 24.6 Å². The molecule has 0 radical (unpaired) electrons. The third-order valence-electron chi connectivity index (χ3n) is 6.98. The molecule has 162 valence electrons. The zero-order valence-corrected chi connectivity index (χ0v) is 19.2. The molecule has 1 aliphatic carbocycles. The Balaban J connectivity index is 1.20. The van der Waals surface area contributed by atoms with E-state index in [2.05, 4.69) is 55.5 Å². The quantitative estimate of drug-likeness (QED) is 0.348. The predicted molar refractivity (Wildman–Crippen MR) is 130 cm³/mol. The van der Waals surface area contributed by atoms with Crippen LogP contribution in [0.15, 0.2) is 66.7 Å². The van der Waals surface area contributed by atoms with Crippen LogP contribution < -0.4 is 0 Å². The summed E-state index contributed by atoms with van der Waals surface area (Å²) in [6.45, 7) is 2.15. The SMILES string of the molecule is Cc1ccc(CCC2CCC(CCc3ccc(-c4ccc(Cl)c(F)c4)cc3)CC2)cc1. The molecule has 4 rings (SSSR count). The second kappa shape index (κ2) is 10.5. The lowest BCUT2D eigenvalue weighted by Gasteiger charge is -2.28.